The zero-order valence-electron chi connectivity index (χ0n) is 18.6. The Kier molecular flexibility index (Phi) is 9.13. The number of ether oxygens (including phenoxy) is 1. The smallest absolute Gasteiger partial charge is 0.373 e. The molecule has 0 aliphatic carbocycles. The largest absolute Gasteiger partial charge is 0.692 e. The van der Waals surface area contributed by atoms with Crippen molar-refractivity contribution in [3.05, 3.63) is 120 Å². The van der Waals surface area contributed by atoms with Gasteiger partial charge in [0.15, 0.2) is 5.82 Å². The topological polar surface area (TPSA) is 97.5 Å². The van der Waals surface area contributed by atoms with Crippen LogP contribution in [0.25, 0.3) is 0 Å². The zero-order valence-corrected chi connectivity index (χ0v) is 19.5. The monoisotopic (exact) mass is 482 g/mol. The van der Waals surface area contributed by atoms with E-state index in [0.717, 1.165) is 16.7 Å². The first kappa shape index (κ1) is 25.3. The van der Waals surface area contributed by atoms with Gasteiger partial charge in [-0.2, -0.15) is 5.10 Å². The summed E-state index contributed by atoms with van der Waals surface area (Å²) in [6.45, 7) is -0.492. The predicted octanol–water partition coefficient (Wildman–Crippen LogP) is 4.79. The van der Waals surface area contributed by atoms with E-state index in [2.05, 4.69) is 41.4 Å². The molecule has 0 fully saturated rings. The van der Waals surface area contributed by atoms with Crippen LogP contribution in [-0.4, -0.2) is 38.3 Å². The van der Waals surface area contributed by atoms with Crippen molar-refractivity contribution in [2.75, 3.05) is 13.8 Å². The Balaban J connectivity index is 0.000000751. The first-order chi connectivity index (χ1) is 16.5. The molecule has 3 aromatic carbocycles. The van der Waals surface area contributed by atoms with Gasteiger partial charge in [-0.15, -0.1) is 9.79 Å². The van der Waals surface area contributed by atoms with Gasteiger partial charge in [0.2, 0.25) is 0 Å². The number of alkyl halides is 1. The summed E-state index contributed by atoms with van der Waals surface area (Å²) >= 11 is 0. The molecule has 4 aromatic rings. The van der Waals surface area contributed by atoms with E-state index in [1.807, 2.05) is 59.3 Å². The second-order valence-corrected chi connectivity index (χ2v) is 7.82. The summed E-state index contributed by atoms with van der Waals surface area (Å²) in [4.78, 5) is 18.7. The summed E-state index contributed by atoms with van der Waals surface area (Å²) in [6.07, 6.45) is 1.44. The molecule has 0 saturated heterocycles. The summed E-state index contributed by atoms with van der Waals surface area (Å²) in [5.74, 6) is 0.474. The molecule has 9 heteroatoms. The zero-order chi connectivity index (χ0) is 24.4. The normalized spacial score (nSPS) is 11.9. The standard InChI is InChI=1S/C25H24FN3O.HO3P/c1-30-23(17-18-26)24-27-19-29(28-24)25(20-11-5-2-6-12-20,21-13-7-3-8-14-21)22-15-9-4-10-16-22;1-4(2)3/h2-16,19,23H,17-18H2,1H3;(H-,1,2,3)/p+1. The van der Waals surface area contributed by atoms with E-state index in [9.17, 15) is 4.39 Å². The lowest BCUT2D eigenvalue weighted by molar-refractivity contribution is 0.0814. The summed E-state index contributed by atoms with van der Waals surface area (Å²) in [5, 5.41) is 4.82. The van der Waals surface area contributed by atoms with Crippen molar-refractivity contribution in [1.82, 2.24) is 14.8 Å². The molecule has 7 nitrogen and oxygen atoms in total. The van der Waals surface area contributed by atoms with Crippen molar-refractivity contribution < 1.29 is 23.5 Å². The van der Waals surface area contributed by atoms with Crippen molar-refractivity contribution in [2.45, 2.75) is 18.1 Å². The third-order valence-electron chi connectivity index (χ3n) is 5.37. The molecular weight excluding hydrogens is 456 g/mol. The molecule has 0 bridgehead atoms. The first-order valence-corrected chi connectivity index (χ1v) is 11.7. The van der Waals surface area contributed by atoms with Gasteiger partial charge >= 0.3 is 8.25 Å². The van der Waals surface area contributed by atoms with Crippen molar-refractivity contribution >= 4 is 8.25 Å². The highest BCUT2D eigenvalue weighted by atomic mass is 31.1. The summed E-state index contributed by atoms with van der Waals surface area (Å²) in [6, 6.07) is 30.7. The Hall–Kier alpha value is -3.29. The molecule has 1 atom stereocenters. The molecule has 34 heavy (non-hydrogen) atoms. The molecule has 176 valence electrons. The minimum absolute atomic E-state index is 0.218. The van der Waals surface area contributed by atoms with Crippen LogP contribution in [0.5, 0.6) is 0 Å². The predicted molar refractivity (Wildman–Crippen MR) is 127 cm³/mol. The van der Waals surface area contributed by atoms with Crippen LogP contribution in [0.3, 0.4) is 0 Å². The van der Waals surface area contributed by atoms with Gasteiger partial charge in [0, 0.05) is 18.1 Å². The van der Waals surface area contributed by atoms with E-state index < -0.39 is 26.6 Å². The maximum atomic E-state index is 13.0. The molecule has 0 aliphatic rings. The SMILES string of the molecule is COC(CCF)c1ncn(C(c2ccccc2)(c2ccccc2)c2ccccc2)n1.O=[P+](O)O. The first-order valence-electron chi connectivity index (χ1n) is 10.6. The van der Waals surface area contributed by atoms with E-state index in [1.54, 1.807) is 13.4 Å². The lowest BCUT2D eigenvalue weighted by Crippen LogP contribution is -2.38. The molecule has 1 aromatic heterocycles. The van der Waals surface area contributed by atoms with Crippen LogP contribution in [0.4, 0.5) is 4.39 Å². The Morgan fingerprint density at radius 3 is 1.68 bits per heavy atom. The highest BCUT2D eigenvalue weighted by Crippen LogP contribution is 2.40. The van der Waals surface area contributed by atoms with Gasteiger partial charge in [0.25, 0.3) is 0 Å². The van der Waals surface area contributed by atoms with Crippen LogP contribution >= 0.6 is 8.25 Å². The number of methoxy groups -OCH3 is 1. The summed E-state index contributed by atoms with van der Waals surface area (Å²) < 4.78 is 29.0. The van der Waals surface area contributed by atoms with Gasteiger partial charge in [-0.25, -0.2) is 9.67 Å². The molecular formula is C25H26FN3O4P+. The van der Waals surface area contributed by atoms with E-state index in [0.29, 0.717) is 5.82 Å². The second kappa shape index (κ2) is 12.3. The fourth-order valence-electron chi connectivity index (χ4n) is 3.97. The van der Waals surface area contributed by atoms with E-state index >= 15 is 0 Å². The number of benzene rings is 3. The average molecular weight is 482 g/mol. The van der Waals surface area contributed by atoms with Crippen molar-refractivity contribution in [3.8, 4) is 0 Å². The number of hydrogen-bond donors (Lipinski definition) is 2. The molecule has 0 aliphatic heterocycles. The minimum Gasteiger partial charge on any atom is -0.373 e. The van der Waals surface area contributed by atoms with Gasteiger partial charge in [0.1, 0.15) is 18.0 Å². The number of nitrogens with zero attached hydrogens (tertiary/aromatic N) is 3. The molecule has 0 amide bonds. The molecule has 1 heterocycles. The summed E-state index contributed by atoms with van der Waals surface area (Å²) in [5.41, 5.74) is 2.43. The van der Waals surface area contributed by atoms with Crippen molar-refractivity contribution in [3.63, 3.8) is 0 Å². The Morgan fingerprint density at radius 2 is 1.32 bits per heavy atom. The van der Waals surface area contributed by atoms with E-state index in [4.69, 9.17) is 24.2 Å². The fourth-order valence-corrected chi connectivity index (χ4v) is 3.97. The highest BCUT2D eigenvalue weighted by Gasteiger charge is 2.40. The van der Waals surface area contributed by atoms with Gasteiger partial charge in [-0.05, 0) is 16.7 Å². The van der Waals surface area contributed by atoms with Gasteiger partial charge in [-0.1, -0.05) is 91.0 Å². The minimum atomic E-state index is -2.87. The molecule has 2 N–H and O–H groups in total. The highest BCUT2D eigenvalue weighted by molar-refractivity contribution is 7.30. The third-order valence-corrected chi connectivity index (χ3v) is 5.37. The van der Waals surface area contributed by atoms with Crippen molar-refractivity contribution in [2.24, 2.45) is 0 Å². The Labute approximate surface area is 198 Å². The number of halogens is 1. The van der Waals surface area contributed by atoms with Crippen LogP contribution in [0.1, 0.15) is 35.0 Å². The fraction of sp³-hybridized carbons (Fsp3) is 0.200. The van der Waals surface area contributed by atoms with E-state index in [-0.39, 0.29) is 6.42 Å². The van der Waals surface area contributed by atoms with Crippen LogP contribution in [0.2, 0.25) is 0 Å². The number of rotatable bonds is 8. The van der Waals surface area contributed by atoms with E-state index in [1.165, 1.54) is 0 Å². The summed E-state index contributed by atoms with van der Waals surface area (Å²) in [7, 11) is -1.31. The van der Waals surface area contributed by atoms with Crippen LogP contribution in [0.15, 0.2) is 97.3 Å². The molecule has 0 radical (unpaired) electrons. The van der Waals surface area contributed by atoms with Gasteiger partial charge < -0.3 is 4.74 Å². The second-order valence-electron chi connectivity index (χ2n) is 7.31. The lowest BCUT2D eigenvalue weighted by Gasteiger charge is -2.35. The molecule has 4 rings (SSSR count). The molecule has 0 saturated carbocycles. The quantitative estimate of drug-likeness (QED) is 0.277. The maximum Gasteiger partial charge on any atom is 0.692 e. The maximum absolute atomic E-state index is 13.0. The van der Waals surface area contributed by atoms with Gasteiger partial charge in [-0.3, -0.25) is 4.39 Å². The van der Waals surface area contributed by atoms with Crippen LogP contribution in [-0.2, 0) is 14.8 Å². The number of aromatic nitrogens is 3. The number of hydrogen-bond acceptors (Lipinski definition) is 4. The van der Waals surface area contributed by atoms with Gasteiger partial charge in [0.05, 0.1) is 6.67 Å². The molecule has 1 unspecified atom stereocenters. The average Bonchev–Trinajstić information content (AvgIpc) is 3.35. The third kappa shape index (κ3) is 5.61. The Bertz CT molecular complexity index is 1060. The van der Waals surface area contributed by atoms with Crippen LogP contribution < -0.4 is 0 Å². The Morgan fingerprint density at radius 1 is 0.912 bits per heavy atom. The van der Waals surface area contributed by atoms with Crippen molar-refractivity contribution in [1.29, 1.82) is 0 Å². The van der Waals surface area contributed by atoms with Crippen LogP contribution in [0, 0.1) is 0 Å². The molecule has 0 spiro atoms. The lowest BCUT2D eigenvalue weighted by atomic mass is 9.77.